The van der Waals surface area contributed by atoms with Gasteiger partial charge in [-0.25, -0.2) is 4.68 Å². The van der Waals surface area contributed by atoms with Crippen LogP contribution in [0.15, 0.2) is 36.5 Å². The number of hydrogen-bond donors (Lipinski definition) is 3. The molecule has 0 saturated heterocycles. The van der Waals surface area contributed by atoms with E-state index >= 15 is 0 Å². The number of benzene rings is 1. The number of carbonyl (C=O) groups excluding carboxylic acids is 1. The van der Waals surface area contributed by atoms with Gasteiger partial charge in [-0.1, -0.05) is 37.5 Å². The maximum absolute atomic E-state index is 12.5. The van der Waals surface area contributed by atoms with Gasteiger partial charge in [0.05, 0.1) is 11.9 Å². The molecule has 1 aliphatic carbocycles. The molecule has 7 heteroatoms. The molecule has 0 spiro atoms. The van der Waals surface area contributed by atoms with Crippen molar-refractivity contribution in [3.05, 3.63) is 42.2 Å². The Bertz CT molecular complexity index is 684. The van der Waals surface area contributed by atoms with Crippen LogP contribution < -0.4 is 11.1 Å². The largest absolute Gasteiger partial charge is 0.504 e. The fraction of sp³-hybridized carbons (Fsp3) is 0.444. The van der Waals surface area contributed by atoms with Crippen LogP contribution in [-0.2, 0) is 0 Å². The average Bonchev–Trinajstić information content (AvgIpc) is 3.03. The van der Waals surface area contributed by atoms with E-state index in [1.54, 1.807) is 0 Å². The summed E-state index contributed by atoms with van der Waals surface area (Å²) >= 11 is 0. The van der Waals surface area contributed by atoms with Crippen molar-refractivity contribution in [3.8, 4) is 11.4 Å². The summed E-state index contributed by atoms with van der Waals surface area (Å²) in [6.07, 6.45) is 7.25. The molecule has 1 amide bonds. The molecule has 3 rings (SSSR count). The van der Waals surface area contributed by atoms with Crippen LogP contribution >= 0.6 is 12.4 Å². The number of nitrogens with zero attached hydrogens (tertiary/aromatic N) is 2. The third kappa shape index (κ3) is 4.52. The number of carbonyl (C=O) groups is 1. The summed E-state index contributed by atoms with van der Waals surface area (Å²) in [5.41, 5.74) is 6.68. The van der Waals surface area contributed by atoms with E-state index in [9.17, 15) is 9.90 Å². The Labute approximate surface area is 153 Å². The molecule has 0 radical (unpaired) electrons. The van der Waals surface area contributed by atoms with Crippen molar-refractivity contribution < 1.29 is 9.90 Å². The first-order valence-corrected chi connectivity index (χ1v) is 8.54. The van der Waals surface area contributed by atoms with Gasteiger partial charge in [-0.15, -0.1) is 12.4 Å². The summed E-state index contributed by atoms with van der Waals surface area (Å²) in [6.45, 7) is 0.399. The Balaban J connectivity index is 0.00000225. The number of aromatic nitrogens is 2. The highest BCUT2D eigenvalue weighted by molar-refractivity contribution is 5.95. The topological polar surface area (TPSA) is 93.2 Å². The van der Waals surface area contributed by atoms with Crippen LogP contribution in [0.5, 0.6) is 5.75 Å². The molecule has 1 fully saturated rings. The van der Waals surface area contributed by atoms with Gasteiger partial charge in [-0.05, 0) is 30.9 Å². The molecule has 6 nitrogen and oxygen atoms in total. The van der Waals surface area contributed by atoms with Crippen LogP contribution in [0.4, 0.5) is 0 Å². The normalized spacial score (nSPS) is 16.0. The zero-order valence-corrected chi connectivity index (χ0v) is 14.9. The molecule has 1 aromatic heterocycles. The van der Waals surface area contributed by atoms with Crippen molar-refractivity contribution in [1.82, 2.24) is 15.1 Å². The third-order valence-electron chi connectivity index (χ3n) is 4.72. The highest BCUT2D eigenvalue weighted by Crippen LogP contribution is 2.26. The van der Waals surface area contributed by atoms with Gasteiger partial charge in [-0.3, -0.25) is 4.79 Å². The van der Waals surface area contributed by atoms with Crippen LogP contribution in [0.2, 0.25) is 0 Å². The summed E-state index contributed by atoms with van der Waals surface area (Å²) in [6, 6.07) is 9.30. The Hall–Kier alpha value is -2.05. The number of nitrogens with two attached hydrogens (primary N) is 1. The Kier molecular flexibility index (Phi) is 6.84. The predicted octanol–water partition coefficient (Wildman–Crippen LogP) is 2.64. The van der Waals surface area contributed by atoms with Crippen molar-refractivity contribution in [2.45, 2.75) is 38.1 Å². The molecular weight excluding hydrogens is 340 g/mol. The molecule has 1 atom stereocenters. The van der Waals surface area contributed by atoms with Gasteiger partial charge in [0, 0.05) is 12.6 Å². The Morgan fingerprint density at radius 1 is 1.28 bits per heavy atom. The van der Waals surface area contributed by atoms with Gasteiger partial charge in [0.1, 0.15) is 0 Å². The quantitative estimate of drug-likeness (QED) is 0.760. The molecule has 2 aromatic rings. The SMILES string of the molecule is Cl.NCC(NC(=O)c1nn(-c2ccccc2)cc1O)C1CCCCC1. The molecule has 0 bridgehead atoms. The summed E-state index contributed by atoms with van der Waals surface area (Å²) in [5, 5.41) is 17.3. The number of hydrogen-bond acceptors (Lipinski definition) is 4. The predicted molar refractivity (Wildman–Crippen MR) is 99.4 cm³/mol. The van der Waals surface area contributed by atoms with Crippen molar-refractivity contribution in [1.29, 1.82) is 0 Å². The highest BCUT2D eigenvalue weighted by atomic mass is 35.5. The van der Waals surface area contributed by atoms with Crippen molar-refractivity contribution in [2.24, 2.45) is 11.7 Å². The highest BCUT2D eigenvalue weighted by Gasteiger charge is 2.26. The summed E-state index contributed by atoms with van der Waals surface area (Å²) < 4.78 is 1.50. The van der Waals surface area contributed by atoms with E-state index in [1.165, 1.54) is 30.1 Å². The van der Waals surface area contributed by atoms with E-state index in [0.717, 1.165) is 18.5 Å². The summed E-state index contributed by atoms with van der Waals surface area (Å²) in [4.78, 5) is 12.5. The molecule has 136 valence electrons. The van der Waals surface area contributed by atoms with Crippen molar-refractivity contribution in [3.63, 3.8) is 0 Å². The summed E-state index contributed by atoms with van der Waals surface area (Å²) in [5.74, 6) is -0.0926. The minimum absolute atomic E-state index is 0. The molecular formula is C18H25ClN4O2. The zero-order valence-electron chi connectivity index (χ0n) is 14.1. The molecule has 1 saturated carbocycles. The third-order valence-corrected chi connectivity index (χ3v) is 4.72. The van der Waals surface area contributed by atoms with Gasteiger partial charge in [-0.2, -0.15) is 5.10 Å². The minimum atomic E-state index is -0.372. The maximum atomic E-state index is 12.5. The fourth-order valence-electron chi connectivity index (χ4n) is 3.38. The van der Waals surface area contributed by atoms with E-state index < -0.39 is 0 Å². The van der Waals surface area contributed by atoms with Crippen LogP contribution in [-0.4, -0.2) is 33.4 Å². The molecule has 25 heavy (non-hydrogen) atoms. The number of para-hydroxylation sites is 1. The van der Waals surface area contributed by atoms with Crippen LogP contribution in [0.3, 0.4) is 0 Å². The van der Waals surface area contributed by atoms with Gasteiger partial charge in [0.2, 0.25) is 0 Å². The van der Waals surface area contributed by atoms with Crippen LogP contribution in [0.1, 0.15) is 42.6 Å². The van der Waals surface area contributed by atoms with Crippen molar-refractivity contribution in [2.75, 3.05) is 6.54 Å². The summed E-state index contributed by atoms with van der Waals surface area (Å²) in [7, 11) is 0. The molecule has 0 aliphatic heterocycles. The number of nitrogens with one attached hydrogen (secondary N) is 1. The first-order valence-electron chi connectivity index (χ1n) is 8.54. The van der Waals surface area contributed by atoms with E-state index in [0.29, 0.717) is 12.5 Å². The smallest absolute Gasteiger partial charge is 0.275 e. The zero-order chi connectivity index (χ0) is 16.9. The second-order valence-electron chi connectivity index (χ2n) is 6.36. The molecule has 1 aliphatic rings. The van der Waals surface area contributed by atoms with E-state index in [2.05, 4.69) is 10.4 Å². The average molecular weight is 365 g/mol. The number of halogens is 1. The standard InChI is InChI=1S/C18H24N4O2.ClH/c19-11-15(13-7-3-1-4-8-13)20-18(24)17-16(23)12-22(21-17)14-9-5-2-6-10-14;/h2,5-6,9-10,12-13,15,23H,1,3-4,7-8,11,19H2,(H,20,24);1H. The Morgan fingerprint density at radius 2 is 1.96 bits per heavy atom. The number of aromatic hydroxyl groups is 1. The molecule has 4 N–H and O–H groups in total. The molecule has 1 heterocycles. The van der Waals surface area contributed by atoms with Gasteiger partial charge < -0.3 is 16.2 Å². The fourth-order valence-corrected chi connectivity index (χ4v) is 3.38. The lowest BCUT2D eigenvalue weighted by molar-refractivity contribution is 0.0907. The number of rotatable bonds is 5. The monoisotopic (exact) mass is 364 g/mol. The maximum Gasteiger partial charge on any atom is 0.275 e. The lowest BCUT2D eigenvalue weighted by Gasteiger charge is -2.29. The van der Waals surface area contributed by atoms with Gasteiger partial charge in [0.15, 0.2) is 11.4 Å². The minimum Gasteiger partial charge on any atom is -0.504 e. The van der Waals surface area contributed by atoms with Gasteiger partial charge in [0.25, 0.3) is 5.91 Å². The molecule has 1 unspecified atom stereocenters. The van der Waals surface area contributed by atoms with Gasteiger partial charge >= 0.3 is 0 Å². The lowest BCUT2D eigenvalue weighted by Crippen LogP contribution is -2.46. The van der Waals surface area contributed by atoms with E-state index in [4.69, 9.17) is 5.73 Å². The van der Waals surface area contributed by atoms with E-state index in [1.807, 2.05) is 30.3 Å². The molecule has 1 aromatic carbocycles. The second-order valence-corrected chi connectivity index (χ2v) is 6.36. The van der Waals surface area contributed by atoms with E-state index in [-0.39, 0.29) is 35.8 Å². The first kappa shape index (κ1) is 19.3. The number of amides is 1. The Morgan fingerprint density at radius 3 is 2.60 bits per heavy atom. The first-order chi connectivity index (χ1) is 11.7. The second kappa shape index (κ2) is 8.87. The lowest BCUT2D eigenvalue weighted by atomic mass is 9.84. The van der Waals surface area contributed by atoms with Crippen LogP contribution in [0, 0.1) is 5.92 Å². The van der Waals surface area contributed by atoms with Crippen molar-refractivity contribution >= 4 is 18.3 Å². The van der Waals surface area contributed by atoms with Crippen LogP contribution in [0.25, 0.3) is 5.69 Å².